The third-order valence-corrected chi connectivity index (χ3v) is 8.20. The van der Waals surface area contributed by atoms with E-state index in [4.69, 9.17) is 0 Å². The first-order valence-corrected chi connectivity index (χ1v) is 14.6. The molecule has 3 rings (SSSR count). The Balaban J connectivity index is 1.89. The van der Waals surface area contributed by atoms with Crippen molar-refractivity contribution in [3.05, 3.63) is 63.0 Å². The summed E-state index contributed by atoms with van der Waals surface area (Å²) in [4.78, 5) is 28.1. The lowest BCUT2D eigenvalue weighted by molar-refractivity contribution is -0.139. The van der Waals surface area contributed by atoms with Crippen LogP contribution in [0.25, 0.3) is 0 Å². The smallest absolute Gasteiger partial charge is 0.244 e. The van der Waals surface area contributed by atoms with Gasteiger partial charge in [0.25, 0.3) is 0 Å². The lowest BCUT2D eigenvalue weighted by Gasteiger charge is -2.32. The number of carbonyl (C=O) groups excluding carboxylic acids is 2. The summed E-state index contributed by atoms with van der Waals surface area (Å²) in [5.74, 6) is -0.697. The third-order valence-electron chi connectivity index (χ3n) is 5.91. The summed E-state index contributed by atoms with van der Waals surface area (Å²) >= 11 is 6.82. The van der Waals surface area contributed by atoms with E-state index in [0.717, 1.165) is 46.3 Å². The second kappa shape index (κ2) is 11.7. The molecule has 1 aliphatic carbocycles. The van der Waals surface area contributed by atoms with Gasteiger partial charge in [-0.05, 0) is 65.5 Å². The molecule has 2 aromatic carbocycles. The van der Waals surface area contributed by atoms with Gasteiger partial charge in [-0.3, -0.25) is 13.9 Å². The minimum atomic E-state index is -3.77. The average molecular weight is 615 g/mol. The maximum Gasteiger partial charge on any atom is 0.244 e. The van der Waals surface area contributed by atoms with Crippen molar-refractivity contribution in [2.45, 2.75) is 51.2 Å². The van der Waals surface area contributed by atoms with E-state index in [0.29, 0.717) is 10.2 Å². The molecule has 0 unspecified atom stereocenters. The number of nitrogens with one attached hydrogen (secondary N) is 1. The molecule has 7 nitrogen and oxygen atoms in total. The Morgan fingerprint density at radius 2 is 1.76 bits per heavy atom. The van der Waals surface area contributed by atoms with E-state index in [-0.39, 0.29) is 18.5 Å². The Hall–Kier alpha value is -1.91. The number of anilines is 1. The second-order valence-electron chi connectivity index (χ2n) is 8.54. The standard InChI is InChI=1S/C24H29Br2N3O4S/c1-17(24(31)27-20-10-3-4-11-20)28(15-18-8-7-9-19(25)14-18)23(30)16-29(34(2,32)33)22-13-6-5-12-21(22)26/h5-9,12-14,17,20H,3-4,10-11,15-16H2,1-2H3,(H,27,31)/t17-/m0/s1. The van der Waals surface area contributed by atoms with Crippen molar-refractivity contribution in [2.24, 2.45) is 0 Å². The van der Waals surface area contributed by atoms with Crippen LogP contribution in [0, 0.1) is 0 Å². The molecule has 0 spiro atoms. The highest BCUT2D eigenvalue weighted by molar-refractivity contribution is 9.10. The molecule has 2 amide bonds. The Labute approximate surface area is 218 Å². The van der Waals surface area contributed by atoms with Crippen molar-refractivity contribution in [2.75, 3.05) is 17.1 Å². The lowest BCUT2D eigenvalue weighted by Crippen LogP contribution is -2.52. The van der Waals surface area contributed by atoms with Crippen LogP contribution in [0.3, 0.4) is 0 Å². The van der Waals surface area contributed by atoms with Crippen LogP contribution in [0.15, 0.2) is 57.5 Å². The molecular weight excluding hydrogens is 586 g/mol. The van der Waals surface area contributed by atoms with Crippen LogP contribution in [-0.4, -0.2) is 50.0 Å². The number of amides is 2. The Bertz CT molecular complexity index is 1140. The summed E-state index contributed by atoms with van der Waals surface area (Å²) in [6.07, 6.45) is 5.09. The van der Waals surface area contributed by atoms with Gasteiger partial charge < -0.3 is 10.2 Å². The normalized spacial score (nSPS) is 15.1. The molecule has 34 heavy (non-hydrogen) atoms. The first-order valence-electron chi connectivity index (χ1n) is 11.1. The third kappa shape index (κ3) is 7.05. The first kappa shape index (κ1) is 26.7. The fraction of sp³-hybridized carbons (Fsp3) is 0.417. The summed E-state index contributed by atoms with van der Waals surface area (Å²) in [5.41, 5.74) is 1.19. The van der Waals surface area contributed by atoms with Crippen molar-refractivity contribution in [1.29, 1.82) is 0 Å². The molecule has 2 aromatic rings. The minimum absolute atomic E-state index is 0.116. The van der Waals surface area contributed by atoms with Gasteiger partial charge in [0, 0.05) is 21.5 Å². The highest BCUT2D eigenvalue weighted by atomic mass is 79.9. The quantitative estimate of drug-likeness (QED) is 0.452. The van der Waals surface area contributed by atoms with Crippen LogP contribution < -0.4 is 9.62 Å². The predicted octanol–water partition coefficient (Wildman–Crippen LogP) is 4.45. The molecule has 1 saturated carbocycles. The maximum absolute atomic E-state index is 13.6. The van der Waals surface area contributed by atoms with E-state index in [9.17, 15) is 18.0 Å². The fourth-order valence-corrected chi connectivity index (χ4v) is 5.98. The van der Waals surface area contributed by atoms with Crippen LogP contribution in [0.2, 0.25) is 0 Å². The largest absolute Gasteiger partial charge is 0.352 e. The molecular formula is C24H29Br2N3O4S. The zero-order chi connectivity index (χ0) is 24.9. The van der Waals surface area contributed by atoms with E-state index in [2.05, 4.69) is 37.2 Å². The zero-order valence-corrected chi connectivity index (χ0v) is 23.2. The van der Waals surface area contributed by atoms with Gasteiger partial charge >= 0.3 is 0 Å². The summed E-state index contributed by atoms with van der Waals surface area (Å²) in [7, 11) is -3.77. The van der Waals surface area contributed by atoms with Crippen LogP contribution in [0.5, 0.6) is 0 Å². The Morgan fingerprint density at radius 3 is 2.38 bits per heavy atom. The van der Waals surface area contributed by atoms with Crippen LogP contribution in [-0.2, 0) is 26.2 Å². The molecule has 0 aromatic heterocycles. The highest BCUT2D eigenvalue weighted by Gasteiger charge is 2.31. The van der Waals surface area contributed by atoms with E-state index in [1.165, 1.54) is 4.90 Å². The second-order valence-corrected chi connectivity index (χ2v) is 12.2. The number of hydrogen-bond acceptors (Lipinski definition) is 4. The lowest BCUT2D eigenvalue weighted by atomic mass is 10.1. The molecule has 0 bridgehead atoms. The summed E-state index contributed by atoms with van der Waals surface area (Å²) in [6, 6.07) is 13.7. The monoisotopic (exact) mass is 613 g/mol. The minimum Gasteiger partial charge on any atom is -0.352 e. The van der Waals surface area contributed by atoms with Crippen LogP contribution in [0.1, 0.15) is 38.2 Å². The maximum atomic E-state index is 13.6. The van der Waals surface area contributed by atoms with Gasteiger partial charge in [0.15, 0.2) is 0 Å². The number of para-hydroxylation sites is 1. The fourth-order valence-electron chi connectivity index (χ4n) is 4.06. The van der Waals surface area contributed by atoms with Gasteiger partial charge in [-0.25, -0.2) is 8.42 Å². The number of hydrogen-bond donors (Lipinski definition) is 1. The van der Waals surface area contributed by atoms with Crippen LogP contribution in [0.4, 0.5) is 5.69 Å². The van der Waals surface area contributed by atoms with Gasteiger partial charge in [0.05, 0.1) is 11.9 Å². The van der Waals surface area contributed by atoms with Gasteiger partial charge in [-0.15, -0.1) is 0 Å². The van der Waals surface area contributed by atoms with E-state index in [1.807, 2.05) is 24.3 Å². The molecule has 184 valence electrons. The molecule has 1 fully saturated rings. The number of rotatable bonds is 9. The summed E-state index contributed by atoms with van der Waals surface area (Å²) in [6.45, 7) is 1.44. The van der Waals surface area contributed by atoms with Crippen molar-refractivity contribution < 1.29 is 18.0 Å². The molecule has 0 aliphatic heterocycles. The van der Waals surface area contributed by atoms with Gasteiger partial charge in [-0.1, -0.05) is 53.0 Å². The molecule has 0 radical (unpaired) electrons. The van der Waals surface area contributed by atoms with Gasteiger partial charge in [0.1, 0.15) is 12.6 Å². The Kier molecular flexibility index (Phi) is 9.17. The van der Waals surface area contributed by atoms with E-state index >= 15 is 0 Å². The number of carbonyl (C=O) groups is 2. The predicted molar refractivity (Wildman–Crippen MR) is 141 cm³/mol. The molecule has 0 heterocycles. The number of halogens is 2. The molecule has 1 aliphatic rings. The zero-order valence-electron chi connectivity index (χ0n) is 19.2. The first-order chi connectivity index (χ1) is 16.1. The highest BCUT2D eigenvalue weighted by Crippen LogP contribution is 2.28. The number of sulfonamides is 1. The van der Waals surface area contributed by atoms with E-state index in [1.54, 1.807) is 31.2 Å². The topological polar surface area (TPSA) is 86.8 Å². The number of nitrogens with zero attached hydrogens (tertiary/aromatic N) is 2. The van der Waals surface area contributed by atoms with Crippen molar-refractivity contribution in [3.63, 3.8) is 0 Å². The van der Waals surface area contributed by atoms with Crippen molar-refractivity contribution in [3.8, 4) is 0 Å². The molecule has 1 N–H and O–H groups in total. The molecule has 0 saturated heterocycles. The molecule has 10 heteroatoms. The molecule has 1 atom stereocenters. The van der Waals surface area contributed by atoms with Gasteiger partial charge in [-0.2, -0.15) is 0 Å². The van der Waals surface area contributed by atoms with E-state index < -0.39 is 28.5 Å². The van der Waals surface area contributed by atoms with Crippen molar-refractivity contribution >= 4 is 59.4 Å². The Morgan fingerprint density at radius 1 is 1.09 bits per heavy atom. The number of benzene rings is 2. The van der Waals surface area contributed by atoms with Gasteiger partial charge in [0.2, 0.25) is 21.8 Å². The average Bonchev–Trinajstić information content (AvgIpc) is 3.28. The summed E-state index contributed by atoms with van der Waals surface area (Å²) in [5, 5.41) is 3.05. The van der Waals surface area contributed by atoms with Crippen LogP contribution >= 0.6 is 31.9 Å². The summed E-state index contributed by atoms with van der Waals surface area (Å²) < 4.78 is 27.7. The van der Waals surface area contributed by atoms with Crippen molar-refractivity contribution in [1.82, 2.24) is 10.2 Å². The SMILES string of the molecule is C[C@@H](C(=O)NC1CCCC1)N(Cc1cccc(Br)c1)C(=O)CN(c1ccccc1Br)S(C)(=O)=O.